The summed E-state index contributed by atoms with van der Waals surface area (Å²) in [6, 6.07) is 10.9. The number of hydrogen-bond donors (Lipinski definition) is 1. The fourth-order valence-corrected chi connectivity index (χ4v) is 2.91. The van der Waals surface area contributed by atoms with Gasteiger partial charge in [-0.1, -0.05) is 24.3 Å². The number of nitrogens with zero attached hydrogens (tertiary/aromatic N) is 2. The van der Waals surface area contributed by atoms with Gasteiger partial charge in [-0.25, -0.2) is 4.98 Å². The van der Waals surface area contributed by atoms with Crippen molar-refractivity contribution >= 4 is 16.8 Å². The number of carbonyl (C=O) groups is 1. The zero-order chi connectivity index (χ0) is 20.3. The third-order valence-corrected chi connectivity index (χ3v) is 4.35. The number of benzene rings is 2. The van der Waals surface area contributed by atoms with Crippen molar-refractivity contribution in [3.8, 4) is 5.75 Å². The summed E-state index contributed by atoms with van der Waals surface area (Å²) in [6.45, 7) is 0.560. The highest BCUT2D eigenvalue weighted by molar-refractivity contribution is 5.81. The molecule has 0 bridgehead atoms. The molecule has 1 aromatic heterocycles. The van der Waals surface area contributed by atoms with E-state index >= 15 is 0 Å². The standard InChI is InChI=1S/C20H19F2N3O3/c1-12-4-3-5-16-18(12)23-11-25(19(16)27)10-17(26)24-13(2)14-6-8-15(9-7-14)28-20(21)22/h3-9,11,13,20H,10H2,1-2H3,(H,24,26)/t13-/m1/s1. The number of para-hydroxylation sites is 1. The van der Waals surface area contributed by atoms with E-state index in [-0.39, 0.29) is 29.8 Å². The van der Waals surface area contributed by atoms with Gasteiger partial charge < -0.3 is 10.1 Å². The van der Waals surface area contributed by atoms with Gasteiger partial charge in [0.1, 0.15) is 12.3 Å². The Morgan fingerprint density at radius 2 is 1.93 bits per heavy atom. The van der Waals surface area contributed by atoms with Crippen molar-refractivity contribution in [3.63, 3.8) is 0 Å². The summed E-state index contributed by atoms with van der Waals surface area (Å²) in [5, 5.41) is 3.23. The van der Waals surface area contributed by atoms with Crippen molar-refractivity contribution in [2.24, 2.45) is 0 Å². The Bertz CT molecular complexity index is 1050. The van der Waals surface area contributed by atoms with E-state index in [4.69, 9.17) is 0 Å². The number of aryl methyl sites for hydroxylation is 1. The summed E-state index contributed by atoms with van der Waals surface area (Å²) in [5.41, 5.74) is 1.93. The van der Waals surface area contributed by atoms with Gasteiger partial charge in [0.2, 0.25) is 5.91 Å². The van der Waals surface area contributed by atoms with Crippen LogP contribution in [-0.4, -0.2) is 22.1 Å². The first-order valence-corrected chi connectivity index (χ1v) is 8.64. The fraction of sp³-hybridized carbons (Fsp3) is 0.250. The number of ether oxygens (including phenoxy) is 1. The molecule has 0 aliphatic rings. The first kappa shape index (κ1) is 19.5. The summed E-state index contributed by atoms with van der Waals surface area (Å²) >= 11 is 0. The van der Waals surface area contributed by atoms with Crippen molar-refractivity contribution in [1.82, 2.24) is 14.9 Å². The smallest absolute Gasteiger partial charge is 0.387 e. The van der Waals surface area contributed by atoms with E-state index in [0.29, 0.717) is 10.9 Å². The van der Waals surface area contributed by atoms with E-state index in [2.05, 4.69) is 15.0 Å². The molecule has 1 heterocycles. The van der Waals surface area contributed by atoms with Crippen LogP contribution in [0.5, 0.6) is 5.75 Å². The Balaban J connectivity index is 1.69. The van der Waals surface area contributed by atoms with Crippen LogP contribution >= 0.6 is 0 Å². The first-order valence-electron chi connectivity index (χ1n) is 8.64. The Hall–Kier alpha value is -3.29. The minimum atomic E-state index is -2.89. The van der Waals surface area contributed by atoms with E-state index in [1.807, 2.05) is 13.0 Å². The van der Waals surface area contributed by atoms with E-state index in [0.717, 1.165) is 11.1 Å². The van der Waals surface area contributed by atoms with Gasteiger partial charge in [-0.15, -0.1) is 0 Å². The van der Waals surface area contributed by atoms with E-state index in [1.54, 1.807) is 31.2 Å². The molecule has 0 aliphatic carbocycles. The Morgan fingerprint density at radius 3 is 2.61 bits per heavy atom. The maximum Gasteiger partial charge on any atom is 0.387 e. The van der Waals surface area contributed by atoms with Gasteiger partial charge in [-0.05, 0) is 43.2 Å². The highest BCUT2D eigenvalue weighted by Gasteiger charge is 2.13. The number of halogens is 2. The Morgan fingerprint density at radius 1 is 1.21 bits per heavy atom. The normalized spacial score (nSPS) is 12.2. The Kier molecular flexibility index (Phi) is 5.67. The molecule has 28 heavy (non-hydrogen) atoms. The summed E-state index contributed by atoms with van der Waals surface area (Å²) < 4.78 is 30.0. The lowest BCUT2D eigenvalue weighted by atomic mass is 10.1. The Labute approximate surface area is 159 Å². The molecule has 2 aromatic carbocycles. The van der Waals surface area contributed by atoms with Crippen molar-refractivity contribution in [3.05, 3.63) is 70.3 Å². The quantitative estimate of drug-likeness (QED) is 0.705. The lowest BCUT2D eigenvalue weighted by Crippen LogP contribution is -2.34. The molecule has 0 saturated carbocycles. The molecule has 0 unspecified atom stereocenters. The van der Waals surface area contributed by atoms with Crippen LogP contribution in [0.2, 0.25) is 0 Å². The van der Waals surface area contributed by atoms with E-state index < -0.39 is 6.61 Å². The van der Waals surface area contributed by atoms with Crippen LogP contribution in [0.15, 0.2) is 53.6 Å². The van der Waals surface area contributed by atoms with E-state index in [1.165, 1.54) is 23.0 Å². The molecule has 1 N–H and O–H groups in total. The number of carbonyl (C=O) groups excluding carboxylic acids is 1. The molecule has 8 heteroatoms. The SMILES string of the molecule is Cc1cccc2c(=O)n(CC(=O)N[C@H](C)c3ccc(OC(F)F)cc3)cnc12. The van der Waals surface area contributed by atoms with Crippen molar-refractivity contribution < 1.29 is 18.3 Å². The monoisotopic (exact) mass is 387 g/mol. The van der Waals surface area contributed by atoms with Gasteiger partial charge >= 0.3 is 6.61 Å². The summed E-state index contributed by atoms with van der Waals surface area (Å²) in [5.74, 6) is -0.322. The molecule has 1 amide bonds. The topological polar surface area (TPSA) is 73.2 Å². The first-order chi connectivity index (χ1) is 13.3. The maximum atomic E-state index is 12.6. The molecule has 3 aromatic rings. The van der Waals surface area contributed by atoms with Crippen molar-refractivity contribution in [2.45, 2.75) is 33.0 Å². The molecule has 0 radical (unpaired) electrons. The second kappa shape index (κ2) is 8.16. The number of hydrogen-bond acceptors (Lipinski definition) is 4. The molecule has 3 rings (SSSR count). The predicted molar refractivity (Wildman–Crippen MR) is 100 cm³/mol. The number of nitrogens with one attached hydrogen (secondary N) is 1. The molecule has 1 atom stereocenters. The van der Waals surface area contributed by atoms with Gasteiger partial charge in [-0.3, -0.25) is 14.2 Å². The molecule has 0 saturated heterocycles. The van der Waals surface area contributed by atoms with Crippen LogP contribution in [0.4, 0.5) is 8.78 Å². The summed E-state index contributed by atoms with van der Waals surface area (Å²) in [6.07, 6.45) is 1.36. The van der Waals surface area contributed by atoms with Crippen LogP contribution in [0, 0.1) is 6.92 Å². The number of amides is 1. The molecular formula is C20H19F2N3O3. The lowest BCUT2D eigenvalue weighted by molar-refractivity contribution is -0.122. The van der Waals surface area contributed by atoms with Crippen LogP contribution in [0.1, 0.15) is 24.1 Å². The molecule has 0 fully saturated rings. The highest BCUT2D eigenvalue weighted by atomic mass is 19.3. The molecule has 0 aliphatic heterocycles. The number of aromatic nitrogens is 2. The third-order valence-electron chi connectivity index (χ3n) is 4.35. The average molecular weight is 387 g/mol. The van der Waals surface area contributed by atoms with E-state index in [9.17, 15) is 18.4 Å². The van der Waals surface area contributed by atoms with Crippen LogP contribution in [-0.2, 0) is 11.3 Å². The lowest BCUT2D eigenvalue weighted by Gasteiger charge is -2.15. The minimum absolute atomic E-state index is 0.0429. The minimum Gasteiger partial charge on any atom is -0.435 e. The van der Waals surface area contributed by atoms with Gasteiger partial charge in [0.05, 0.1) is 23.3 Å². The molecule has 146 valence electrons. The van der Waals surface area contributed by atoms with Crippen molar-refractivity contribution in [2.75, 3.05) is 0 Å². The second-order valence-corrected chi connectivity index (χ2v) is 6.39. The van der Waals surface area contributed by atoms with Crippen LogP contribution in [0.3, 0.4) is 0 Å². The largest absolute Gasteiger partial charge is 0.435 e. The zero-order valence-electron chi connectivity index (χ0n) is 15.4. The van der Waals surface area contributed by atoms with Gasteiger partial charge in [0.25, 0.3) is 5.56 Å². The fourth-order valence-electron chi connectivity index (χ4n) is 2.91. The predicted octanol–water partition coefficient (Wildman–Crippen LogP) is 3.18. The molecule has 6 nitrogen and oxygen atoms in total. The maximum absolute atomic E-state index is 12.6. The van der Waals surface area contributed by atoms with Gasteiger partial charge in [0.15, 0.2) is 0 Å². The van der Waals surface area contributed by atoms with Crippen LogP contribution < -0.4 is 15.6 Å². The second-order valence-electron chi connectivity index (χ2n) is 6.39. The number of rotatable bonds is 6. The summed E-state index contributed by atoms with van der Waals surface area (Å²) in [4.78, 5) is 29.2. The highest BCUT2D eigenvalue weighted by Crippen LogP contribution is 2.19. The number of alkyl halides is 2. The third kappa shape index (κ3) is 4.33. The molecule has 0 spiro atoms. The summed E-state index contributed by atoms with van der Waals surface area (Å²) in [7, 11) is 0. The van der Waals surface area contributed by atoms with Crippen LogP contribution in [0.25, 0.3) is 10.9 Å². The average Bonchev–Trinajstić information content (AvgIpc) is 2.64. The molecular weight excluding hydrogens is 368 g/mol. The zero-order valence-corrected chi connectivity index (χ0v) is 15.4. The number of fused-ring (bicyclic) bond motifs is 1. The van der Waals surface area contributed by atoms with Gasteiger partial charge in [0, 0.05) is 0 Å². The van der Waals surface area contributed by atoms with Crippen molar-refractivity contribution in [1.29, 1.82) is 0 Å². The van der Waals surface area contributed by atoms with Gasteiger partial charge in [-0.2, -0.15) is 8.78 Å².